The first kappa shape index (κ1) is 15.3. The molecule has 0 aromatic heterocycles. The van der Waals surface area contributed by atoms with Crippen molar-refractivity contribution < 1.29 is 23.0 Å². The van der Waals surface area contributed by atoms with Crippen molar-refractivity contribution >= 4 is 0 Å². The molecule has 0 heterocycles. The molecule has 0 aliphatic heterocycles. The van der Waals surface area contributed by atoms with Crippen LogP contribution >= 0.6 is 0 Å². The third-order valence-corrected chi connectivity index (χ3v) is 4.25. The number of benzene rings is 1. The van der Waals surface area contributed by atoms with Crippen LogP contribution in [0, 0.1) is 6.92 Å². The van der Waals surface area contributed by atoms with Crippen molar-refractivity contribution in [2.45, 2.75) is 50.5 Å². The molecule has 1 saturated carbocycles. The van der Waals surface area contributed by atoms with E-state index in [1.807, 2.05) is 0 Å². The van der Waals surface area contributed by atoms with Crippen molar-refractivity contribution in [1.29, 1.82) is 0 Å². The summed E-state index contributed by atoms with van der Waals surface area (Å²) < 4.78 is 43.5. The Labute approximate surface area is 116 Å². The van der Waals surface area contributed by atoms with Crippen LogP contribution < -0.4 is 0 Å². The second kappa shape index (κ2) is 5.37. The minimum atomic E-state index is -4.36. The van der Waals surface area contributed by atoms with Gasteiger partial charge in [-0.05, 0) is 43.0 Å². The summed E-state index contributed by atoms with van der Waals surface area (Å²) in [5.41, 5.74) is -0.397. The van der Waals surface area contributed by atoms with Gasteiger partial charge in [0.2, 0.25) is 0 Å². The molecule has 0 amide bonds. The Morgan fingerprint density at radius 1 is 1.25 bits per heavy atom. The van der Waals surface area contributed by atoms with E-state index in [1.54, 1.807) is 14.0 Å². The Bertz CT molecular complexity index is 476. The normalized spacial score (nSPS) is 20.1. The van der Waals surface area contributed by atoms with E-state index in [0.29, 0.717) is 11.1 Å². The quantitative estimate of drug-likeness (QED) is 0.910. The summed E-state index contributed by atoms with van der Waals surface area (Å²) in [4.78, 5) is 0. The van der Waals surface area contributed by atoms with Gasteiger partial charge in [-0.3, -0.25) is 0 Å². The number of ether oxygens (including phenoxy) is 1. The Balaban J connectivity index is 2.33. The van der Waals surface area contributed by atoms with Crippen LogP contribution in [0.2, 0.25) is 0 Å². The summed E-state index contributed by atoms with van der Waals surface area (Å²) in [6, 6.07) is 3.46. The number of rotatable bonds is 3. The fraction of sp³-hybridized carbons (Fsp3) is 0.600. The molecule has 0 saturated heterocycles. The topological polar surface area (TPSA) is 29.5 Å². The first-order chi connectivity index (χ1) is 9.30. The molecular weight excluding hydrogens is 269 g/mol. The number of methoxy groups -OCH3 is 1. The Hall–Kier alpha value is -1.07. The van der Waals surface area contributed by atoms with Gasteiger partial charge < -0.3 is 9.84 Å². The molecule has 1 N–H and O–H groups in total. The summed E-state index contributed by atoms with van der Waals surface area (Å²) in [6.45, 7) is 1.59. The van der Waals surface area contributed by atoms with Crippen molar-refractivity contribution in [3.63, 3.8) is 0 Å². The molecule has 1 fully saturated rings. The van der Waals surface area contributed by atoms with Crippen LogP contribution in [0.5, 0.6) is 0 Å². The van der Waals surface area contributed by atoms with Gasteiger partial charge >= 0.3 is 6.18 Å². The lowest BCUT2D eigenvalue weighted by Crippen LogP contribution is -2.35. The number of halogens is 3. The number of aliphatic hydroxyl groups is 1. The van der Waals surface area contributed by atoms with Crippen LogP contribution in [0.3, 0.4) is 0 Å². The molecule has 0 bridgehead atoms. The smallest absolute Gasteiger partial charge is 0.385 e. The minimum absolute atomic E-state index is 0.440. The van der Waals surface area contributed by atoms with Gasteiger partial charge in [0.25, 0.3) is 0 Å². The van der Waals surface area contributed by atoms with E-state index in [-0.39, 0.29) is 0 Å². The lowest BCUT2D eigenvalue weighted by molar-refractivity contribution is -0.137. The van der Waals surface area contributed by atoms with E-state index in [2.05, 4.69) is 0 Å². The molecule has 0 spiro atoms. The van der Waals surface area contributed by atoms with Crippen LogP contribution in [-0.4, -0.2) is 17.8 Å². The molecule has 1 aromatic rings. The van der Waals surface area contributed by atoms with E-state index in [0.717, 1.165) is 37.8 Å². The SMILES string of the molecule is COC1(C(O)c2ccc(C(F)(F)F)cc2C)CCCC1. The molecule has 0 radical (unpaired) electrons. The van der Waals surface area contributed by atoms with Crippen LogP contribution in [0.1, 0.15) is 48.5 Å². The van der Waals surface area contributed by atoms with E-state index in [4.69, 9.17) is 4.74 Å². The summed E-state index contributed by atoms with van der Waals surface area (Å²) in [7, 11) is 1.55. The Morgan fingerprint density at radius 3 is 2.30 bits per heavy atom. The molecule has 2 rings (SSSR count). The predicted molar refractivity (Wildman–Crippen MR) is 69.3 cm³/mol. The number of hydrogen-bond donors (Lipinski definition) is 1. The average molecular weight is 288 g/mol. The Morgan fingerprint density at radius 2 is 1.85 bits per heavy atom. The number of aryl methyl sites for hydroxylation is 1. The average Bonchev–Trinajstić information content (AvgIpc) is 2.86. The van der Waals surface area contributed by atoms with E-state index < -0.39 is 23.4 Å². The highest BCUT2D eigenvalue weighted by Crippen LogP contribution is 2.43. The zero-order valence-corrected chi connectivity index (χ0v) is 11.6. The number of hydrogen-bond acceptors (Lipinski definition) is 2. The van der Waals surface area contributed by atoms with Gasteiger partial charge in [0, 0.05) is 7.11 Å². The lowest BCUT2D eigenvalue weighted by Gasteiger charge is -2.34. The van der Waals surface area contributed by atoms with Crippen molar-refractivity contribution in [3.05, 3.63) is 34.9 Å². The first-order valence-electron chi connectivity index (χ1n) is 6.71. The Kier molecular flexibility index (Phi) is 4.12. The van der Waals surface area contributed by atoms with Gasteiger partial charge in [0.15, 0.2) is 0 Å². The first-order valence-corrected chi connectivity index (χ1v) is 6.71. The lowest BCUT2D eigenvalue weighted by atomic mass is 9.86. The van der Waals surface area contributed by atoms with Crippen LogP contribution in [0.4, 0.5) is 13.2 Å². The van der Waals surface area contributed by atoms with E-state index in [1.165, 1.54) is 6.07 Å². The van der Waals surface area contributed by atoms with Crippen molar-refractivity contribution in [3.8, 4) is 0 Å². The summed E-state index contributed by atoms with van der Waals surface area (Å²) in [5, 5.41) is 10.5. The molecule has 1 unspecified atom stereocenters. The standard InChI is InChI=1S/C15H19F3O2/c1-10-9-11(15(16,17)18)5-6-12(10)13(19)14(20-2)7-3-4-8-14/h5-6,9,13,19H,3-4,7-8H2,1-2H3. The molecule has 1 aliphatic carbocycles. The van der Waals surface area contributed by atoms with Crippen LogP contribution in [-0.2, 0) is 10.9 Å². The molecule has 1 aromatic carbocycles. The maximum Gasteiger partial charge on any atom is 0.416 e. The molecule has 20 heavy (non-hydrogen) atoms. The summed E-state index contributed by atoms with van der Waals surface area (Å²) in [6.07, 6.45) is -1.87. The van der Waals surface area contributed by atoms with Gasteiger partial charge in [0.1, 0.15) is 6.10 Å². The fourth-order valence-corrected chi connectivity index (χ4v) is 3.00. The van der Waals surface area contributed by atoms with E-state index in [9.17, 15) is 18.3 Å². The second-order valence-electron chi connectivity index (χ2n) is 5.45. The molecule has 1 atom stereocenters. The highest BCUT2D eigenvalue weighted by Gasteiger charge is 2.42. The van der Waals surface area contributed by atoms with Gasteiger partial charge in [-0.2, -0.15) is 13.2 Å². The van der Waals surface area contributed by atoms with Crippen molar-refractivity contribution in [2.75, 3.05) is 7.11 Å². The highest BCUT2D eigenvalue weighted by molar-refractivity contribution is 5.35. The molecular formula is C15H19F3O2. The monoisotopic (exact) mass is 288 g/mol. The van der Waals surface area contributed by atoms with Crippen LogP contribution in [0.15, 0.2) is 18.2 Å². The fourth-order valence-electron chi connectivity index (χ4n) is 3.00. The number of alkyl halides is 3. The maximum atomic E-state index is 12.7. The predicted octanol–water partition coefficient (Wildman–Crippen LogP) is 4.01. The van der Waals surface area contributed by atoms with E-state index >= 15 is 0 Å². The largest absolute Gasteiger partial charge is 0.416 e. The third-order valence-electron chi connectivity index (χ3n) is 4.25. The van der Waals surface area contributed by atoms with Gasteiger partial charge in [-0.1, -0.05) is 18.9 Å². The summed E-state index contributed by atoms with van der Waals surface area (Å²) in [5.74, 6) is 0. The summed E-state index contributed by atoms with van der Waals surface area (Å²) >= 11 is 0. The molecule has 112 valence electrons. The third kappa shape index (κ3) is 2.69. The maximum absolute atomic E-state index is 12.7. The van der Waals surface area contributed by atoms with Gasteiger partial charge in [-0.15, -0.1) is 0 Å². The van der Waals surface area contributed by atoms with Gasteiger partial charge in [-0.25, -0.2) is 0 Å². The molecule has 5 heteroatoms. The van der Waals surface area contributed by atoms with Gasteiger partial charge in [0.05, 0.1) is 11.2 Å². The number of aliphatic hydroxyl groups excluding tert-OH is 1. The molecule has 1 aliphatic rings. The zero-order valence-electron chi connectivity index (χ0n) is 11.6. The second-order valence-corrected chi connectivity index (χ2v) is 5.45. The van der Waals surface area contributed by atoms with Crippen molar-refractivity contribution in [2.24, 2.45) is 0 Å². The zero-order chi connectivity index (χ0) is 15.0. The minimum Gasteiger partial charge on any atom is -0.385 e. The van der Waals surface area contributed by atoms with Crippen LogP contribution in [0.25, 0.3) is 0 Å². The highest BCUT2D eigenvalue weighted by atomic mass is 19.4. The van der Waals surface area contributed by atoms with Crippen molar-refractivity contribution in [1.82, 2.24) is 0 Å². The molecule has 2 nitrogen and oxygen atoms in total.